The Morgan fingerprint density at radius 3 is 2.75 bits per heavy atom. The number of carbonyl (C=O) groups excluding carboxylic acids is 1. The Morgan fingerprint density at radius 2 is 2.12 bits per heavy atom. The smallest absolute Gasteiger partial charge is 0.131 e. The summed E-state index contributed by atoms with van der Waals surface area (Å²) in [5.74, 6) is 0.210. The normalized spacial score (nSPS) is 26.8. The number of ketones is 1. The van der Waals surface area contributed by atoms with Gasteiger partial charge < -0.3 is 0 Å². The molecule has 24 heavy (non-hydrogen) atoms. The van der Waals surface area contributed by atoms with Crippen LogP contribution in [0.2, 0.25) is 0 Å². The second-order valence-corrected chi connectivity index (χ2v) is 7.46. The van der Waals surface area contributed by atoms with Crippen LogP contribution in [-0.2, 0) is 16.6 Å². The number of carbonyl (C=O) groups is 1. The lowest BCUT2D eigenvalue weighted by molar-refractivity contribution is -0.116. The zero-order valence-electron chi connectivity index (χ0n) is 16.1. The molecular formula is C21H32N2O. The zero-order chi connectivity index (χ0) is 17.9. The van der Waals surface area contributed by atoms with E-state index in [2.05, 4.69) is 57.8 Å². The number of benzene rings is 1. The molecule has 0 spiro atoms. The van der Waals surface area contributed by atoms with Gasteiger partial charge >= 0.3 is 0 Å². The molecule has 0 radical (unpaired) electrons. The fourth-order valence-corrected chi connectivity index (χ4v) is 3.79. The van der Waals surface area contributed by atoms with Gasteiger partial charge in [0.05, 0.1) is 0 Å². The Kier molecular flexibility index (Phi) is 5.97. The van der Waals surface area contributed by atoms with Crippen LogP contribution in [0.15, 0.2) is 23.2 Å². The first-order valence-corrected chi connectivity index (χ1v) is 9.14. The van der Waals surface area contributed by atoms with Crippen molar-refractivity contribution in [1.29, 1.82) is 0 Å². The molecule has 3 heteroatoms. The van der Waals surface area contributed by atoms with Crippen LogP contribution in [0.5, 0.6) is 0 Å². The monoisotopic (exact) mass is 328 g/mol. The van der Waals surface area contributed by atoms with E-state index in [1.165, 1.54) is 22.4 Å². The molecule has 1 fully saturated rings. The Balaban J connectivity index is 2.47. The van der Waals surface area contributed by atoms with E-state index < -0.39 is 0 Å². The quantitative estimate of drug-likeness (QED) is 0.819. The molecule has 1 aromatic rings. The number of hydrogen-bond acceptors (Lipinski definition) is 3. The molecule has 1 saturated heterocycles. The number of aryl methyl sites for hydroxylation is 2. The van der Waals surface area contributed by atoms with Gasteiger partial charge in [-0.2, -0.15) is 0 Å². The molecular weight excluding hydrogens is 296 g/mol. The molecule has 2 unspecified atom stereocenters. The molecule has 2 atom stereocenters. The molecule has 0 bridgehead atoms. The summed E-state index contributed by atoms with van der Waals surface area (Å²) < 4.78 is 0. The summed E-state index contributed by atoms with van der Waals surface area (Å²) in [7, 11) is 2.17. The zero-order valence-corrected chi connectivity index (χ0v) is 16.1. The lowest BCUT2D eigenvalue weighted by Gasteiger charge is -2.45. The lowest BCUT2D eigenvalue weighted by atomic mass is 9.69. The Morgan fingerprint density at radius 1 is 1.42 bits per heavy atom. The molecule has 0 N–H and O–H groups in total. The first kappa shape index (κ1) is 18.9. The van der Waals surface area contributed by atoms with E-state index in [0.717, 1.165) is 19.4 Å². The summed E-state index contributed by atoms with van der Waals surface area (Å²) in [6.07, 6.45) is 2.65. The number of aliphatic imine (C=N–C) groups is 1. The molecule has 1 aromatic carbocycles. The van der Waals surface area contributed by atoms with Gasteiger partial charge in [0.1, 0.15) is 5.78 Å². The fraction of sp³-hybridized carbons (Fsp3) is 0.619. The average molecular weight is 329 g/mol. The maximum atomic E-state index is 11.3. The van der Waals surface area contributed by atoms with Crippen LogP contribution in [0.4, 0.5) is 0 Å². The van der Waals surface area contributed by atoms with Crippen LogP contribution in [0.25, 0.3) is 0 Å². The molecule has 0 aliphatic carbocycles. The summed E-state index contributed by atoms with van der Waals surface area (Å²) in [5, 5.41) is 0. The SMILES string of the molecule is CCc1ccc(C)c(C2(C)CCN(C)C(C)/C2=N\CCC(C)=O)c1. The number of nitrogens with zero attached hydrogens (tertiary/aromatic N) is 2. The highest BCUT2D eigenvalue weighted by Crippen LogP contribution is 2.38. The highest BCUT2D eigenvalue weighted by Gasteiger charge is 2.41. The van der Waals surface area contributed by atoms with E-state index in [-0.39, 0.29) is 11.2 Å². The molecule has 1 aliphatic heterocycles. The number of Topliss-reactive ketones (excluding diaryl/α,β-unsaturated/α-hetero) is 1. The van der Waals surface area contributed by atoms with Gasteiger partial charge in [0.2, 0.25) is 0 Å². The molecule has 0 amide bonds. The first-order chi connectivity index (χ1) is 11.3. The molecule has 0 saturated carbocycles. The molecule has 1 heterocycles. The van der Waals surface area contributed by atoms with Crippen LogP contribution in [-0.4, -0.2) is 42.6 Å². The highest BCUT2D eigenvalue weighted by atomic mass is 16.1. The minimum Gasteiger partial charge on any atom is -0.300 e. The van der Waals surface area contributed by atoms with Gasteiger partial charge in [0, 0.05) is 30.1 Å². The Labute approximate surface area is 147 Å². The van der Waals surface area contributed by atoms with Crippen molar-refractivity contribution in [2.45, 2.75) is 65.3 Å². The third kappa shape index (κ3) is 3.77. The van der Waals surface area contributed by atoms with Gasteiger partial charge in [-0.25, -0.2) is 0 Å². The van der Waals surface area contributed by atoms with Crippen molar-refractivity contribution in [3.8, 4) is 0 Å². The average Bonchev–Trinajstić information content (AvgIpc) is 2.54. The van der Waals surface area contributed by atoms with Crippen molar-refractivity contribution < 1.29 is 4.79 Å². The van der Waals surface area contributed by atoms with Crippen molar-refractivity contribution >= 4 is 11.5 Å². The Bertz CT molecular complexity index is 635. The van der Waals surface area contributed by atoms with Crippen LogP contribution in [0.3, 0.4) is 0 Å². The first-order valence-electron chi connectivity index (χ1n) is 9.14. The maximum Gasteiger partial charge on any atom is 0.131 e. The fourth-order valence-electron chi connectivity index (χ4n) is 3.79. The summed E-state index contributed by atoms with van der Waals surface area (Å²) in [6, 6.07) is 7.15. The topological polar surface area (TPSA) is 32.7 Å². The van der Waals surface area contributed by atoms with E-state index >= 15 is 0 Å². The maximum absolute atomic E-state index is 11.3. The van der Waals surface area contributed by atoms with Gasteiger partial charge in [-0.15, -0.1) is 0 Å². The van der Waals surface area contributed by atoms with Crippen molar-refractivity contribution in [3.63, 3.8) is 0 Å². The van der Waals surface area contributed by atoms with Crippen LogP contribution in [0, 0.1) is 6.92 Å². The van der Waals surface area contributed by atoms with Gasteiger partial charge in [-0.3, -0.25) is 14.7 Å². The number of likely N-dealkylation sites (tertiary alicyclic amines) is 1. The third-order valence-corrected chi connectivity index (χ3v) is 5.64. The van der Waals surface area contributed by atoms with Crippen molar-refractivity contribution in [2.24, 2.45) is 4.99 Å². The van der Waals surface area contributed by atoms with E-state index in [1.807, 2.05) is 0 Å². The van der Waals surface area contributed by atoms with Crippen molar-refractivity contribution in [3.05, 3.63) is 34.9 Å². The van der Waals surface area contributed by atoms with E-state index in [4.69, 9.17) is 4.99 Å². The van der Waals surface area contributed by atoms with Crippen LogP contribution in [0.1, 0.15) is 57.2 Å². The van der Waals surface area contributed by atoms with Gasteiger partial charge in [0.15, 0.2) is 0 Å². The number of piperidine rings is 1. The molecule has 132 valence electrons. The molecule has 0 aromatic heterocycles. The highest BCUT2D eigenvalue weighted by molar-refractivity contribution is 5.99. The third-order valence-electron chi connectivity index (χ3n) is 5.64. The predicted octanol–water partition coefficient (Wildman–Crippen LogP) is 3.96. The van der Waals surface area contributed by atoms with E-state index in [9.17, 15) is 4.79 Å². The molecule has 3 nitrogen and oxygen atoms in total. The second kappa shape index (κ2) is 7.60. The minimum absolute atomic E-state index is 0.0437. The summed E-state index contributed by atoms with van der Waals surface area (Å²) in [4.78, 5) is 18.6. The second-order valence-electron chi connectivity index (χ2n) is 7.46. The van der Waals surface area contributed by atoms with Crippen LogP contribution < -0.4 is 0 Å². The summed E-state index contributed by atoms with van der Waals surface area (Å²) in [6.45, 7) is 12.3. The van der Waals surface area contributed by atoms with Crippen LogP contribution >= 0.6 is 0 Å². The van der Waals surface area contributed by atoms with E-state index in [0.29, 0.717) is 19.0 Å². The van der Waals surface area contributed by atoms with Crippen molar-refractivity contribution in [2.75, 3.05) is 20.1 Å². The summed E-state index contributed by atoms with van der Waals surface area (Å²) in [5.41, 5.74) is 5.31. The largest absolute Gasteiger partial charge is 0.300 e. The van der Waals surface area contributed by atoms with Gasteiger partial charge in [0.25, 0.3) is 0 Å². The standard InChI is InChI=1S/C21H32N2O/c1-7-18-9-8-15(2)19(14-18)21(5)11-13-23(6)17(4)20(21)22-12-10-16(3)24/h8-9,14,17H,7,10-13H2,1-6H3/b22-20+. The Hall–Kier alpha value is -1.48. The van der Waals surface area contributed by atoms with E-state index in [1.54, 1.807) is 6.92 Å². The summed E-state index contributed by atoms with van der Waals surface area (Å²) >= 11 is 0. The minimum atomic E-state index is -0.0437. The van der Waals surface area contributed by atoms with Gasteiger partial charge in [-0.05, 0) is 63.9 Å². The van der Waals surface area contributed by atoms with Crippen molar-refractivity contribution in [1.82, 2.24) is 4.90 Å². The number of hydrogen-bond donors (Lipinski definition) is 0. The lowest BCUT2D eigenvalue weighted by Crippen LogP contribution is -2.53. The van der Waals surface area contributed by atoms with Gasteiger partial charge in [-0.1, -0.05) is 32.0 Å². The predicted molar refractivity (Wildman–Crippen MR) is 102 cm³/mol. The molecule has 2 rings (SSSR count). The number of rotatable bonds is 5. The molecule has 1 aliphatic rings.